The molecule has 3 heteroatoms. The fourth-order valence-corrected chi connectivity index (χ4v) is 1.77. The highest BCUT2D eigenvalue weighted by Gasteiger charge is 2.16. The van der Waals surface area contributed by atoms with E-state index in [1.165, 1.54) is 16.8 Å². The van der Waals surface area contributed by atoms with E-state index in [0.29, 0.717) is 6.61 Å². The zero-order valence-corrected chi connectivity index (χ0v) is 9.42. The number of anilines is 1. The highest BCUT2D eigenvalue weighted by atomic mass is 16.5. The predicted octanol–water partition coefficient (Wildman–Crippen LogP) is 2.66. The Morgan fingerprint density at radius 1 is 1.47 bits per heavy atom. The summed E-state index contributed by atoms with van der Waals surface area (Å²) in [7, 11) is 0. The zero-order chi connectivity index (χ0) is 10.8. The molecule has 0 bridgehead atoms. The molecule has 0 fully saturated rings. The molecule has 1 aromatic heterocycles. The average molecular weight is 204 g/mol. The maximum atomic E-state index is 5.51. The van der Waals surface area contributed by atoms with Gasteiger partial charge in [-0.2, -0.15) is 0 Å². The minimum absolute atomic E-state index is 0.658. The molecule has 80 valence electrons. The molecule has 1 aliphatic heterocycles. The number of ether oxygens (including phenoxy) is 1. The SMILES string of the molecule is CCOc1ncc(C)c2c1CC=C(C)N2. The van der Waals surface area contributed by atoms with E-state index in [9.17, 15) is 0 Å². The van der Waals surface area contributed by atoms with Crippen LogP contribution in [0.15, 0.2) is 18.0 Å². The topological polar surface area (TPSA) is 34.1 Å². The van der Waals surface area contributed by atoms with E-state index in [0.717, 1.165) is 18.0 Å². The Bertz CT molecular complexity index is 410. The van der Waals surface area contributed by atoms with Crippen molar-refractivity contribution in [3.8, 4) is 5.88 Å². The normalized spacial score (nSPS) is 13.9. The minimum Gasteiger partial charge on any atom is -0.478 e. The van der Waals surface area contributed by atoms with Crippen LogP contribution in [0.4, 0.5) is 5.69 Å². The summed E-state index contributed by atoms with van der Waals surface area (Å²) < 4.78 is 5.51. The van der Waals surface area contributed by atoms with Gasteiger partial charge in [-0.1, -0.05) is 6.08 Å². The lowest BCUT2D eigenvalue weighted by atomic mass is 10.0. The van der Waals surface area contributed by atoms with Gasteiger partial charge in [0.1, 0.15) is 0 Å². The van der Waals surface area contributed by atoms with Gasteiger partial charge in [0, 0.05) is 17.5 Å². The summed E-state index contributed by atoms with van der Waals surface area (Å²) in [4.78, 5) is 4.31. The number of hydrogen-bond acceptors (Lipinski definition) is 3. The summed E-state index contributed by atoms with van der Waals surface area (Å²) in [6, 6.07) is 0. The maximum absolute atomic E-state index is 5.51. The van der Waals surface area contributed by atoms with Crippen molar-refractivity contribution in [2.45, 2.75) is 27.2 Å². The molecule has 1 aromatic rings. The molecular weight excluding hydrogens is 188 g/mol. The molecule has 0 saturated carbocycles. The molecule has 2 heterocycles. The van der Waals surface area contributed by atoms with Crippen LogP contribution in [-0.2, 0) is 6.42 Å². The number of nitrogens with zero attached hydrogens (tertiary/aromatic N) is 1. The van der Waals surface area contributed by atoms with Gasteiger partial charge in [0.15, 0.2) is 0 Å². The Morgan fingerprint density at radius 3 is 3.00 bits per heavy atom. The molecule has 15 heavy (non-hydrogen) atoms. The Hall–Kier alpha value is -1.51. The van der Waals surface area contributed by atoms with Crippen LogP contribution >= 0.6 is 0 Å². The van der Waals surface area contributed by atoms with Gasteiger partial charge in [-0.25, -0.2) is 4.98 Å². The molecule has 1 aliphatic rings. The monoisotopic (exact) mass is 204 g/mol. The standard InChI is InChI=1S/C12H16N2O/c1-4-15-12-10-6-5-9(3)14-11(10)8(2)7-13-12/h5,7,14H,4,6H2,1-3H3. The number of allylic oxidation sites excluding steroid dienone is 2. The first-order valence-electron chi connectivity index (χ1n) is 5.27. The highest BCUT2D eigenvalue weighted by molar-refractivity contribution is 5.65. The van der Waals surface area contributed by atoms with Gasteiger partial charge in [-0.15, -0.1) is 0 Å². The molecule has 0 amide bonds. The zero-order valence-electron chi connectivity index (χ0n) is 9.42. The number of aryl methyl sites for hydroxylation is 1. The maximum Gasteiger partial charge on any atom is 0.218 e. The molecule has 0 aromatic carbocycles. The van der Waals surface area contributed by atoms with Gasteiger partial charge in [0.25, 0.3) is 0 Å². The number of fused-ring (bicyclic) bond motifs is 1. The van der Waals surface area contributed by atoms with Crippen LogP contribution in [0.25, 0.3) is 0 Å². The van der Waals surface area contributed by atoms with Gasteiger partial charge in [-0.3, -0.25) is 0 Å². The van der Waals surface area contributed by atoms with Gasteiger partial charge in [0.2, 0.25) is 5.88 Å². The quantitative estimate of drug-likeness (QED) is 0.804. The van der Waals surface area contributed by atoms with Crippen molar-refractivity contribution in [1.29, 1.82) is 0 Å². The fraction of sp³-hybridized carbons (Fsp3) is 0.417. The summed E-state index contributed by atoms with van der Waals surface area (Å²) in [6.07, 6.45) is 4.92. The number of aromatic nitrogens is 1. The summed E-state index contributed by atoms with van der Waals surface area (Å²) in [6.45, 7) is 6.77. The molecule has 3 nitrogen and oxygen atoms in total. The molecule has 0 unspecified atom stereocenters. The predicted molar refractivity (Wildman–Crippen MR) is 61.2 cm³/mol. The van der Waals surface area contributed by atoms with Crippen LogP contribution in [0.3, 0.4) is 0 Å². The van der Waals surface area contributed by atoms with E-state index in [1.807, 2.05) is 13.1 Å². The van der Waals surface area contributed by atoms with Crippen LogP contribution in [0.5, 0.6) is 5.88 Å². The van der Waals surface area contributed by atoms with Crippen molar-refractivity contribution >= 4 is 5.69 Å². The third kappa shape index (κ3) is 1.82. The van der Waals surface area contributed by atoms with Crippen molar-refractivity contribution in [1.82, 2.24) is 4.98 Å². The smallest absolute Gasteiger partial charge is 0.218 e. The van der Waals surface area contributed by atoms with E-state index in [-0.39, 0.29) is 0 Å². The number of hydrogen-bond donors (Lipinski definition) is 1. The highest BCUT2D eigenvalue weighted by Crippen LogP contribution is 2.32. The number of nitrogens with one attached hydrogen (secondary N) is 1. The van der Waals surface area contributed by atoms with Gasteiger partial charge in [-0.05, 0) is 32.8 Å². The molecule has 0 saturated heterocycles. The van der Waals surface area contributed by atoms with E-state index in [1.54, 1.807) is 0 Å². The molecule has 1 N–H and O–H groups in total. The van der Waals surface area contributed by atoms with Gasteiger partial charge < -0.3 is 10.1 Å². The van der Waals surface area contributed by atoms with Crippen LogP contribution < -0.4 is 10.1 Å². The van der Waals surface area contributed by atoms with Crippen LogP contribution in [-0.4, -0.2) is 11.6 Å². The lowest BCUT2D eigenvalue weighted by Gasteiger charge is -2.21. The summed E-state index contributed by atoms with van der Waals surface area (Å²) >= 11 is 0. The van der Waals surface area contributed by atoms with Crippen LogP contribution in [0, 0.1) is 6.92 Å². The van der Waals surface area contributed by atoms with E-state index < -0.39 is 0 Å². The largest absolute Gasteiger partial charge is 0.478 e. The Kier molecular flexibility index (Phi) is 2.62. The Labute approximate surface area is 90.2 Å². The third-order valence-electron chi connectivity index (χ3n) is 2.55. The molecule has 0 spiro atoms. The minimum atomic E-state index is 0.658. The number of rotatable bonds is 2. The lowest BCUT2D eigenvalue weighted by molar-refractivity contribution is 0.323. The van der Waals surface area contributed by atoms with Gasteiger partial charge in [0.05, 0.1) is 12.3 Å². The molecular formula is C12H16N2O. The summed E-state index contributed by atoms with van der Waals surface area (Å²) in [5.74, 6) is 0.759. The number of pyridine rings is 1. The second kappa shape index (κ2) is 3.93. The first-order chi connectivity index (χ1) is 7.22. The molecule has 0 radical (unpaired) electrons. The fourth-order valence-electron chi connectivity index (χ4n) is 1.77. The molecule has 0 atom stereocenters. The van der Waals surface area contributed by atoms with E-state index >= 15 is 0 Å². The van der Waals surface area contributed by atoms with Crippen LogP contribution in [0.2, 0.25) is 0 Å². The third-order valence-corrected chi connectivity index (χ3v) is 2.55. The molecule has 2 rings (SSSR count). The van der Waals surface area contributed by atoms with Crippen molar-refractivity contribution in [2.24, 2.45) is 0 Å². The second-order valence-corrected chi connectivity index (χ2v) is 3.75. The average Bonchev–Trinajstić information content (AvgIpc) is 2.23. The Morgan fingerprint density at radius 2 is 2.27 bits per heavy atom. The first-order valence-corrected chi connectivity index (χ1v) is 5.27. The lowest BCUT2D eigenvalue weighted by Crippen LogP contribution is -2.10. The summed E-state index contributed by atoms with van der Waals surface area (Å²) in [5.41, 5.74) is 4.69. The van der Waals surface area contributed by atoms with Crippen molar-refractivity contribution in [2.75, 3.05) is 11.9 Å². The van der Waals surface area contributed by atoms with Crippen molar-refractivity contribution < 1.29 is 4.74 Å². The van der Waals surface area contributed by atoms with Crippen LogP contribution in [0.1, 0.15) is 25.0 Å². The van der Waals surface area contributed by atoms with Crippen molar-refractivity contribution in [3.05, 3.63) is 29.1 Å². The molecule has 0 aliphatic carbocycles. The van der Waals surface area contributed by atoms with Gasteiger partial charge >= 0.3 is 0 Å². The van der Waals surface area contributed by atoms with E-state index in [4.69, 9.17) is 4.74 Å². The van der Waals surface area contributed by atoms with E-state index in [2.05, 4.69) is 30.2 Å². The first kappa shape index (κ1) is 10.0. The Balaban J connectivity index is 2.45. The summed E-state index contributed by atoms with van der Waals surface area (Å²) in [5, 5.41) is 3.37. The second-order valence-electron chi connectivity index (χ2n) is 3.75. The van der Waals surface area contributed by atoms with Crippen molar-refractivity contribution in [3.63, 3.8) is 0 Å².